The van der Waals surface area contributed by atoms with Gasteiger partial charge in [-0.1, -0.05) is 33.8 Å². The Labute approximate surface area is 101 Å². The van der Waals surface area contributed by atoms with Crippen LogP contribution in [0.5, 0.6) is 5.75 Å². The Kier molecular flexibility index (Phi) is 4.02. The number of rotatable bonds is 4. The number of hydrogen-bond acceptors (Lipinski definition) is 2. The van der Waals surface area contributed by atoms with E-state index in [0.29, 0.717) is 11.0 Å². The number of anilines is 1. The Morgan fingerprint density at radius 2 is 1.94 bits per heavy atom. The summed E-state index contributed by atoms with van der Waals surface area (Å²) in [6.07, 6.45) is 0. The predicted molar refractivity (Wildman–Crippen MR) is 73.6 cm³/mol. The largest absolute Gasteiger partial charge is 0.549 e. The van der Waals surface area contributed by atoms with E-state index in [1.165, 1.54) is 0 Å². The van der Waals surface area contributed by atoms with Gasteiger partial charge in [0.05, 0.1) is 0 Å². The lowest BCUT2D eigenvalue weighted by Gasteiger charge is -2.28. The normalized spacial score (nSPS) is 12.6. The van der Waals surface area contributed by atoms with Crippen molar-refractivity contribution < 1.29 is 4.43 Å². The summed E-state index contributed by atoms with van der Waals surface area (Å²) in [5, 5.41) is 0.319. The van der Waals surface area contributed by atoms with E-state index in [4.69, 9.17) is 10.2 Å². The van der Waals surface area contributed by atoms with E-state index in [1.54, 1.807) is 0 Å². The molecule has 0 spiro atoms. The Bertz CT molecular complexity index is 361. The molecule has 0 radical (unpaired) electrons. The van der Waals surface area contributed by atoms with E-state index in [2.05, 4.69) is 27.7 Å². The highest BCUT2D eigenvalue weighted by Gasteiger charge is 2.24. The van der Waals surface area contributed by atoms with Gasteiger partial charge in [0.2, 0.25) is 9.76 Å². The maximum absolute atomic E-state index is 5.93. The van der Waals surface area contributed by atoms with Gasteiger partial charge in [0, 0.05) is 11.8 Å². The second kappa shape index (κ2) is 4.91. The van der Waals surface area contributed by atoms with Crippen LogP contribution in [-0.2, 0) is 0 Å². The van der Waals surface area contributed by atoms with Gasteiger partial charge in [-0.05, 0) is 29.5 Å². The highest BCUT2D eigenvalue weighted by atomic mass is 28.2. The number of benzene rings is 1. The molecule has 1 aromatic carbocycles. The highest BCUT2D eigenvalue weighted by Crippen LogP contribution is 2.33. The molecule has 3 heteroatoms. The minimum absolute atomic E-state index is 0.319. The van der Waals surface area contributed by atoms with Crippen molar-refractivity contribution in [3.8, 4) is 5.75 Å². The SMILES string of the molecule is Cc1ccc(O[SiH2]C(C)(C)C(C)C)cc1N. The van der Waals surface area contributed by atoms with Gasteiger partial charge < -0.3 is 10.2 Å². The fourth-order valence-electron chi connectivity index (χ4n) is 1.14. The van der Waals surface area contributed by atoms with Gasteiger partial charge in [0.1, 0.15) is 5.75 Å². The van der Waals surface area contributed by atoms with Crippen LogP contribution in [-0.4, -0.2) is 9.76 Å². The second-order valence-corrected chi connectivity index (χ2v) is 7.85. The summed E-state index contributed by atoms with van der Waals surface area (Å²) in [7, 11) is -0.590. The van der Waals surface area contributed by atoms with E-state index >= 15 is 0 Å². The number of hydrogen-bond donors (Lipinski definition) is 1. The Hall–Kier alpha value is -0.963. The van der Waals surface area contributed by atoms with Crippen molar-refractivity contribution in [1.29, 1.82) is 0 Å². The predicted octanol–water partition coefficient (Wildman–Crippen LogP) is 2.89. The first-order valence-corrected chi connectivity index (χ1v) is 7.10. The van der Waals surface area contributed by atoms with Crippen LogP contribution in [0, 0.1) is 12.8 Å². The van der Waals surface area contributed by atoms with Crippen LogP contribution in [0.15, 0.2) is 18.2 Å². The lowest BCUT2D eigenvalue weighted by molar-refractivity contribution is 0.428. The van der Waals surface area contributed by atoms with Crippen molar-refractivity contribution in [1.82, 2.24) is 0 Å². The number of nitrogen functional groups attached to an aromatic ring is 1. The number of nitrogens with two attached hydrogens (primary N) is 1. The smallest absolute Gasteiger partial charge is 0.225 e. The summed E-state index contributed by atoms with van der Waals surface area (Å²) in [6, 6.07) is 5.95. The van der Waals surface area contributed by atoms with E-state index in [-0.39, 0.29) is 0 Å². The molecule has 0 heterocycles. The molecule has 0 aliphatic carbocycles. The Morgan fingerprint density at radius 3 is 2.44 bits per heavy atom. The maximum atomic E-state index is 5.93. The first-order chi connectivity index (χ1) is 7.33. The van der Waals surface area contributed by atoms with Crippen molar-refractivity contribution in [2.24, 2.45) is 5.92 Å². The molecule has 90 valence electrons. The average molecular weight is 237 g/mol. The van der Waals surface area contributed by atoms with Crippen molar-refractivity contribution in [2.75, 3.05) is 5.73 Å². The quantitative estimate of drug-likeness (QED) is 0.645. The van der Waals surface area contributed by atoms with Crippen LogP contribution in [0.2, 0.25) is 5.04 Å². The third-order valence-electron chi connectivity index (χ3n) is 3.42. The van der Waals surface area contributed by atoms with Gasteiger partial charge in [-0.3, -0.25) is 0 Å². The second-order valence-electron chi connectivity index (χ2n) is 5.45. The average Bonchev–Trinajstić information content (AvgIpc) is 2.20. The molecule has 16 heavy (non-hydrogen) atoms. The third kappa shape index (κ3) is 3.27. The van der Waals surface area contributed by atoms with Gasteiger partial charge in [0.15, 0.2) is 0 Å². The van der Waals surface area contributed by atoms with E-state index < -0.39 is 9.76 Å². The van der Waals surface area contributed by atoms with E-state index in [1.807, 2.05) is 25.1 Å². The maximum Gasteiger partial charge on any atom is 0.225 e. The first-order valence-electron chi connectivity index (χ1n) is 5.82. The molecule has 0 aliphatic heterocycles. The standard InChI is InChI=1S/C13H23NOSi/c1-9(2)13(4,5)16-15-11-7-6-10(3)12(14)8-11/h6-9H,14,16H2,1-5H3. The van der Waals surface area contributed by atoms with Gasteiger partial charge in [-0.15, -0.1) is 0 Å². The van der Waals surface area contributed by atoms with Crippen LogP contribution >= 0.6 is 0 Å². The summed E-state index contributed by atoms with van der Waals surface area (Å²) in [4.78, 5) is 0. The van der Waals surface area contributed by atoms with Gasteiger partial charge >= 0.3 is 0 Å². The molecule has 2 nitrogen and oxygen atoms in total. The molecule has 1 aromatic rings. The van der Waals surface area contributed by atoms with Crippen molar-refractivity contribution in [2.45, 2.75) is 39.7 Å². The lowest BCUT2D eigenvalue weighted by Crippen LogP contribution is -2.24. The van der Waals surface area contributed by atoms with Gasteiger partial charge in [-0.25, -0.2) is 0 Å². The zero-order chi connectivity index (χ0) is 12.3. The lowest BCUT2D eigenvalue weighted by atomic mass is 9.99. The number of aryl methyl sites for hydroxylation is 1. The molecule has 2 N–H and O–H groups in total. The minimum atomic E-state index is -0.590. The van der Waals surface area contributed by atoms with E-state index in [0.717, 1.165) is 17.0 Å². The first kappa shape index (κ1) is 13.1. The third-order valence-corrected chi connectivity index (χ3v) is 5.46. The summed E-state index contributed by atoms with van der Waals surface area (Å²) < 4.78 is 5.93. The van der Waals surface area contributed by atoms with Gasteiger partial charge in [-0.2, -0.15) is 0 Å². The zero-order valence-electron chi connectivity index (χ0n) is 11.0. The fourth-order valence-corrected chi connectivity index (χ4v) is 2.20. The van der Waals surface area contributed by atoms with E-state index in [9.17, 15) is 0 Å². The van der Waals surface area contributed by atoms with Crippen LogP contribution in [0.25, 0.3) is 0 Å². The summed E-state index contributed by atoms with van der Waals surface area (Å²) in [5.41, 5.74) is 7.78. The molecule has 0 aliphatic rings. The molecule has 0 amide bonds. The summed E-state index contributed by atoms with van der Waals surface area (Å²) >= 11 is 0. The molecule has 1 rings (SSSR count). The Balaban J connectivity index is 2.65. The molecule has 0 aromatic heterocycles. The molecular weight excluding hydrogens is 214 g/mol. The minimum Gasteiger partial charge on any atom is -0.549 e. The molecular formula is C13H23NOSi. The van der Waals surface area contributed by atoms with Crippen molar-refractivity contribution in [3.05, 3.63) is 23.8 Å². The van der Waals surface area contributed by atoms with Crippen LogP contribution in [0.4, 0.5) is 5.69 Å². The van der Waals surface area contributed by atoms with Crippen LogP contribution in [0.1, 0.15) is 33.3 Å². The topological polar surface area (TPSA) is 35.2 Å². The van der Waals surface area contributed by atoms with Crippen LogP contribution < -0.4 is 10.2 Å². The van der Waals surface area contributed by atoms with Crippen molar-refractivity contribution >= 4 is 15.5 Å². The monoisotopic (exact) mass is 237 g/mol. The molecule has 0 unspecified atom stereocenters. The molecule has 0 saturated heterocycles. The molecule has 0 bridgehead atoms. The Morgan fingerprint density at radius 1 is 1.31 bits per heavy atom. The van der Waals surface area contributed by atoms with Gasteiger partial charge in [0.25, 0.3) is 0 Å². The zero-order valence-corrected chi connectivity index (χ0v) is 12.4. The summed E-state index contributed by atoms with van der Waals surface area (Å²) in [6.45, 7) is 11.1. The van der Waals surface area contributed by atoms with Crippen LogP contribution in [0.3, 0.4) is 0 Å². The molecule has 0 atom stereocenters. The molecule has 0 saturated carbocycles. The fraction of sp³-hybridized carbons (Fsp3) is 0.538. The highest BCUT2D eigenvalue weighted by molar-refractivity contribution is 6.33. The van der Waals surface area contributed by atoms with Crippen molar-refractivity contribution in [3.63, 3.8) is 0 Å². The summed E-state index contributed by atoms with van der Waals surface area (Å²) in [5.74, 6) is 1.57. The molecule has 0 fully saturated rings.